The number of rotatable bonds is 6. The molecule has 0 atom stereocenters. The predicted octanol–water partition coefficient (Wildman–Crippen LogP) is -0.644. The second-order valence-electron chi connectivity index (χ2n) is 3.30. The van der Waals surface area contributed by atoms with Crippen molar-refractivity contribution in [3.05, 3.63) is 22.6 Å². The van der Waals surface area contributed by atoms with E-state index in [0.717, 1.165) is 5.69 Å². The molecule has 12 heteroatoms. The van der Waals surface area contributed by atoms with Gasteiger partial charge in [-0.25, -0.2) is 10.1 Å². The minimum atomic E-state index is -3.97. The van der Waals surface area contributed by atoms with E-state index in [1.165, 1.54) is 29.2 Å². The van der Waals surface area contributed by atoms with E-state index < -0.39 is 10.2 Å². The number of nitrogens with zero attached hydrogens (tertiary/aromatic N) is 3. The van der Waals surface area contributed by atoms with Gasteiger partial charge >= 0.3 is 10.2 Å². The van der Waals surface area contributed by atoms with E-state index in [0.29, 0.717) is 10.9 Å². The van der Waals surface area contributed by atoms with Gasteiger partial charge in [0.15, 0.2) is 5.96 Å². The standard InChI is InChI=1S/C8H13N7O2S3/c9-6(15-20(12,16)17)1-2-18-3-5-4-19-8(13-5)14-7(10)11/h1-2,4H,3H2,(H2,9,15)(H2,12,16,17)(H4,10,11,13,14). The van der Waals surface area contributed by atoms with Crippen LogP contribution in [0.15, 0.2) is 26.3 Å². The Kier molecular flexibility index (Phi) is 5.94. The molecule has 0 aliphatic heterocycles. The summed E-state index contributed by atoms with van der Waals surface area (Å²) in [6, 6.07) is 0. The van der Waals surface area contributed by atoms with Crippen molar-refractivity contribution in [3.63, 3.8) is 0 Å². The number of guanidine groups is 1. The Morgan fingerprint density at radius 1 is 1.45 bits per heavy atom. The summed E-state index contributed by atoms with van der Waals surface area (Å²) in [6.07, 6.45) is 1.33. The zero-order valence-corrected chi connectivity index (χ0v) is 12.6. The molecular formula is C8H13N7O2S3. The third-order valence-corrected chi connectivity index (χ3v) is 3.60. The van der Waals surface area contributed by atoms with E-state index in [-0.39, 0.29) is 11.8 Å². The summed E-state index contributed by atoms with van der Waals surface area (Å²) in [7, 11) is -3.97. The first kappa shape index (κ1) is 16.4. The zero-order chi connectivity index (χ0) is 15.2. The van der Waals surface area contributed by atoms with Crippen molar-refractivity contribution < 1.29 is 8.42 Å². The fourth-order valence-electron chi connectivity index (χ4n) is 0.953. The van der Waals surface area contributed by atoms with Gasteiger partial charge < -0.3 is 17.2 Å². The topological polar surface area (TPSA) is 176 Å². The molecule has 0 aliphatic rings. The molecule has 1 aromatic heterocycles. The van der Waals surface area contributed by atoms with Gasteiger partial charge in [-0.1, -0.05) is 0 Å². The van der Waals surface area contributed by atoms with Gasteiger partial charge in [0, 0.05) is 11.1 Å². The number of amidine groups is 1. The van der Waals surface area contributed by atoms with Crippen LogP contribution in [0.3, 0.4) is 0 Å². The summed E-state index contributed by atoms with van der Waals surface area (Å²) in [6.45, 7) is 0. The van der Waals surface area contributed by atoms with Gasteiger partial charge in [-0.2, -0.15) is 13.4 Å². The van der Waals surface area contributed by atoms with Gasteiger partial charge in [0.25, 0.3) is 0 Å². The highest BCUT2D eigenvalue weighted by Crippen LogP contribution is 2.21. The highest BCUT2D eigenvalue weighted by atomic mass is 32.2. The highest BCUT2D eigenvalue weighted by Gasteiger charge is 2.01. The van der Waals surface area contributed by atoms with Gasteiger partial charge in [0.1, 0.15) is 5.84 Å². The van der Waals surface area contributed by atoms with Crippen molar-refractivity contribution in [1.29, 1.82) is 0 Å². The largest absolute Gasteiger partial charge is 0.383 e. The predicted molar refractivity (Wildman–Crippen MR) is 82.7 cm³/mol. The Labute approximate surface area is 124 Å². The Balaban J connectivity index is 2.51. The number of thiazole rings is 1. The Morgan fingerprint density at radius 3 is 2.75 bits per heavy atom. The summed E-state index contributed by atoms with van der Waals surface area (Å²) in [5, 5.41) is 8.57. The van der Waals surface area contributed by atoms with Gasteiger partial charge in [0.2, 0.25) is 5.13 Å². The maximum atomic E-state index is 10.6. The fraction of sp³-hybridized carbons (Fsp3) is 0.125. The summed E-state index contributed by atoms with van der Waals surface area (Å²) < 4.78 is 24.3. The average molecular weight is 335 g/mol. The molecule has 0 saturated carbocycles. The minimum absolute atomic E-state index is 0.0505. The van der Waals surface area contributed by atoms with E-state index in [4.69, 9.17) is 22.3 Å². The van der Waals surface area contributed by atoms with Crippen LogP contribution < -0.4 is 22.3 Å². The Morgan fingerprint density at radius 2 is 2.15 bits per heavy atom. The van der Waals surface area contributed by atoms with Gasteiger partial charge in [-0.3, -0.25) is 0 Å². The highest BCUT2D eigenvalue weighted by molar-refractivity contribution is 8.01. The first-order valence-corrected chi connectivity index (χ1v) is 8.40. The summed E-state index contributed by atoms with van der Waals surface area (Å²) in [4.78, 5) is 7.97. The average Bonchev–Trinajstić information content (AvgIpc) is 2.68. The van der Waals surface area contributed by atoms with E-state index >= 15 is 0 Å². The maximum Gasteiger partial charge on any atom is 0.319 e. The lowest BCUT2D eigenvalue weighted by molar-refractivity contribution is 0.599. The second kappa shape index (κ2) is 7.23. The van der Waals surface area contributed by atoms with E-state index in [1.54, 1.807) is 5.41 Å². The molecule has 1 heterocycles. The van der Waals surface area contributed by atoms with Crippen LogP contribution >= 0.6 is 23.1 Å². The third-order valence-electron chi connectivity index (χ3n) is 1.56. The molecule has 0 spiro atoms. The molecule has 9 nitrogen and oxygen atoms in total. The summed E-state index contributed by atoms with van der Waals surface area (Å²) in [5.41, 5.74) is 16.6. The van der Waals surface area contributed by atoms with Crippen LogP contribution in [0, 0.1) is 0 Å². The smallest absolute Gasteiger partial charge is 0.319 e. The van der Waals surface area contributed by atoms with Crippen molar-refractivity contribution in [2.45, 2.75) is 5.75 Å². The third kappa shape index (κ3) is 7.08. The Hall–Kier alpha value is -1.63. The molecule has 0 unspecified atom stereocenters. The van der Waals surface area contributed by atoms with Crippen molar-refractivity contribution in [2.75, 3.05) is 0 Å². The number of aromatic nitrogens is 1. The van der Waals surface area contributed by atoms with E-state index in [1.807, 2.05) is 5.38 Å². The molecule has 20 heavy (non-hydrogen) atoms. The normalized spacial score (nSPS) is 12.8. The molecule has 8 N–H and O–H groups in total. The minimum Gasteiger partial charge on any atom is -0.383 e. The van der Waals surface area contributed by atoms with Crippen LogP contribution in [0.1, 0.15) is 5.69 Å². The lowest BCUT2D eigenvalue weighted by Gasteiger charge is -1.92. The molecule has 0 aliphatic carbocycles. The number of hydrogen-bond donors (Lipinski definition) is 4. The van der Waals surface area contributed by atoms with Crippen LogP contribution in [0.4, 0.5) is 5.13 Å². The SMILES string of the molecule is NC(N)=Nc1nc(CSC=CC(N)=NS(N)(=O)=O)cs1. The van der Waals surface area contributed by atoms with Crippen LogP contribution in [-0.2, 0) is 16.0 Å². The number of aliphatic imine (C=N–C) groups is 1. The molecule has 0 amide bonds. The maximum absolute atomic E-state index is 10.6. The summed E-state index contributed by atoms with van der Waals surface area (Å²) >= 11 is 2.66. The molecule has 0 bridgehead atoms. The molecule has 0 fully saturated rings. The lowest BCUT2D eigenvalue weighted by Crippen LogP contribution is -2.21. The van der Waals surface area contributed by atoms with Crippen molar-refractivity contribution in [3.8, 4) is 0 Å². The van der Waals surface area contributed by atoms with E-state index in [2.05, 4.69) is 14.4 Å². The number of hydrogen-bond acceptors (Lipinski definition) is 6. The lowest BCUT2D eigenvalue weighted by atomic mass is 10.6. The molecule has 0 saturated heterocycles. The van der Waals surface area contributed by atoms with Crippen LogP contribution in [0.5, 0.6) is 0 Å². The molecule has 0 radical (unpaired) electrons. The van der Waals surface area contributed by atoms with Gasteiger partial charge in [-0.05, 0) is 11.5 Å². The first-order chi connectivity index (χ1) is 9.26. The second-order valence-corrected chi connectivity index (χ2v) is 6.25. The molecule has 1 aromatic rings. The summed E-state index contributed by atoms with van der Waals surface area (Å²) in [5.74, 6) is 0.306. The molecule has 0 aromatic carbocycles. The first-order valence-electron chi connectivity index (χ1n) is 4.96. The van der Waals surface area contributed by atoms with Crippen LogP contribution in [-0.4, -0.2) is 25.2 Å². The number of nitrogens with two attached hydrogens (primary N) is 4. The number of thioether (sulfide) groups is 1. The fourth-order valence-corrected chi connectivity index (χ4v) is 2.77. The molecular weight excluding hydrogens is 322 g/mol. The van der Waals surface area contributed by atoms with Crippen LogP contribution in [0.25, 0.3) is 0 Å². The Bertz CT molecular complexity index is 643. The van der Waals surface area contributed by atoms with Crippen molar-refractivity contribution in [1.82, 2.24) is 4.98 Å². The van der Waals surface area contributed by atoms with Gasteiger partial charge in [0.05, 0.1) is 5.69 Å². The van der Waals surface area contributed by atoms with Crippen LogP contribution in [0.2, 0.25) is 0 Å². The molecule has 1 rings (SSSR count). The van der Waals surface area contributed by atoms with E-state index in [9.17, 15) is 8.42 Å². The van der Waals surface area contributed by atoms with Crippen molar-refractivity contribution in [2.24, 2.45) is 31.7 Å². The quantitative estimate of drug-likeness (QED) is 0.394. The zero-order valence-electron chi connectivity index (χ0n) is 10.1. The van der Waals surface area contributed by atoms with Crippen molar-refractivity contribution >= 4 is 50.2 Å². The molecule has 110 valence electrons. The van der Waals surface area contributed by atoms with Gasteiger partial charge in [-0.15, -0.1) is 27.5 Å². The monoisotopic (exact) mass is 335 g/mol.